The minimum absolute atomic E-state index is 0.308. The van der Waals surface area contributed by atoms with Crippen LogP contribution >= 0.6 is 13.6 Å². The average molecular weight is 365 g/mol. The maximum absolute atomic E-state index is 12.8. The van der Waals surface area contributed by atoms with Crippen LogP contribution in [0.15, 0.2) is 42.5 Å². The molecule has 0 N–H and O–H groups in total. The first-order chi connectivity index (χ1) is 8.75. The van der Waals surface area contributed by atoms with Crippen molar-refractivity contribution in [1.29, 1.82) is 0 Å². The molecule has 2 aromatic rings. The molecule has 2 aromatic carbocycles. The zero-order chi connectivity index (χ0) is 13.4. The third-order valence-corrected chi connectivity index (χ3v) is 2.07. The molecule has 0 aliphatic carbocycles. The van der Waals surface area contributed by atoms with Gasteiger partial charge in [0.1, 0.15) is 5.75 Å². The van der Waals surface area contributed by atoms with E-state index in [0.717, 1.165) is 17.7 Å². The van der Waals surface area contributed by atoms with Gasteiger partial charge in [0.15, 0.2) is 11.6 Å². The van der Waals surface area contributed by atoms with E-state index < -0.39 is 11.6 Å². The van der Waals surface area contributed by atoms with Crippen LogP contribution in [0.25, 0.3) is 0 Å². The molecule has 0 saturated carbocycles. The molecule has 0 aromatic heterocycles. The quantitative estimate of drug-likeness (QED) is 0.586. The fraction of sp³-hybridized carbons (Fsp3) is 0.0769. The summed E-state index contributed by atoms with van der Waals surface area (Å²) < 4.78 is 30.8. The first-order valence-electron chi connectivity index (χ1n) is 5.05. The molecule has 5 heteroatoms. The molecule has 1 nitrogen and oxygen atoms in total. The Bertz CT molecular complexity index is 480. The minimum atomic E-state index is -0.905. The molecule has 0 unspecified atom stereocenters. The van der Waals surface area contributed by atoms with Crippen LogP contribution in [-0.4, -0.2) is 0 Å². The molecule has 0 heterocycles. The number of rotatable bonds is 3. The van der Waals surface area contributed by atoms with Gasteiger partial charge in [-0.2, -0.15) is 30.3 Å². The normalized spacial score (nSPS) is 9.39. The first kappa shape index (κ1) is 15.3. The zero-order valence-electron chi connectivity index (χ0n) is 9.50. The summed E-state index contributed by atoms with van der Waals surface area (Å²) in [5, 5.41) is 0. The molecule has 0 saturated heterocycles. The monoisotopic (exact) mass is 362 g/mol. The van der Waals surface area contributed by atoms with E-state index in [4.69, 9.17) is 4.74 Å². The van der Waals surface area contributed by atoms with Crippen LogP contribution < -0.4 is 4.74 Å². The second-order valence-electron chi connectivity index (χ2n) is 3.28. The third kappa shape index (κ3) is 4.83. The summed E-state index contributed by atoms with van der Waals surface area (Å²) in [6, 6.07) is 13.6. The summed E-state index contributed by atoms with van der Waals surface area (Å²) >= 11 is 4.25. The van der Waals surface area contributed by atoms with Gasteiger partial charge < -0.3 is 4.74 Å². The van der Waals surface area contributed by atoms with Gasteiger partial charge in [0.05, 0.1) is 6.61 Å². The number of hydrogen-bond acceptors (Lipinski definition) is 1. The van der Waals surface area contributed by atoms with Crippen molar-refractivity contribution in [3.05, 3.63) is 65.7 Å². The van der Waals surface area contributed by atoms with Gasteiger partial charge in [0.25, 0.3) is 0 Å². The van der Waals surface area contributed by atoms with E-state index >= 15 is 0 Å². The Balaban J connectivity index is 0.000000771. The molecule has 0 aliphatic heterocycles. The van der Waals surface area contributed by atoms with E-state index in [2.05, 4.69) is 19.7 Å². The molecular weight excluding hydrogens is 355 g/mol. The Labute approximate surface area is 121 Å². The second kappa shape index (κ2) is 8.33. The zero-order valence-corrected chi connectivity index (χ0v) is 14.1. The van der Waals surface area contributed by atoms with Gasteiger partial charge in [-0.1, -0.05) is 0 Å². The van der Waals surface area contributed by atoms with Crippen molar-refractivity contribution >= 4 is 13.6 Å². The van der Waals surface area contributed by atoms with Crippen molar-refractivity contribution in [2.24, 2.45) is 0 Å². The summed E-state index contributed by atoms with van der Waals surface area (Å²) in [6.07, 6.45) is 0. The van der Waals surface area contributed by atoms with E-state index in [1.807, 2.05) is 12.1 Å². The summed E-state index contributed by atoms with van der Waals surface area (Å²) in [7, 11) is 0. The molecule has 0 aliphatic rings. The van der Waals surface area contributed by atoms with Gasteiger partial charge in [-0.15, -0.1) is 5.56 Å². The Hall–Kier alpha value is -0.797. The summed E-state index contributed by atoms with van der Waals surface area (Å²) in [6.45, 7) is 0.308. The number of benzene rings is 2. The van der Waals surface area contributed by atoms with Crippen molar-refractivity contribution < 1.29 is 29.9 Å². The molecule has 0 spiro atoms. The van der Waals surface area contributed by atoms with E-state index in [0.29, 0.717) is 12.4 Å². The summed E-state index contributed by atoms with van der Waals surface area (Å²) in [5.74, 6) is -1.47. The molecule has 0 atom stereocenters. The van der Waals surface area contributed by atoms with Gasteiger partial charge in [-0.05, 0) is 12.1 Å². The van der Waals surface area contributed by atoms with Gasteiger partial charge in [-0.3, -0.25) is 0 Å². The van der Waals surface area contributed by atoms with Crippen molar-refractivity contribution in [3.8, 4) is 5.75 Å². The van der Waals surface area contributed by atoms with E-state index in [1.165, 1.54) is 22.4 Å². The summed E-state index contributed by atoms with van der Waals surface area (Å²) in [5.41, 5.74) is 0.923. The molecule has 2 rings (SSSR count). The van der Waals surface area contributed by atoms with Crippen molar-refractivity contribution in [2.45, 2.75) is 6.61 Å². The number of hydrogen-bond donors (Lipinski definition) is 0. The molecule has 90 valence electrons. The van der Waals surface area contributed by atoms with E-state index in [-0.39, 0.29) is 0 Å². The van der Waals surface area contributed by atoms with Crippen molar-refractivity contribution in [1.82, 2.24) is 0 Å². The van der Waals surface area contributed by atoms with Crippen LogP contribution in [0.2, 0.25) is 0 Å². The predicted molar refractivity (Wildman–Crippen MR) is 64.9 cm³/mol. The van der Waals surface area contributed by atoms with Crippen LogP contribution in [0.4, 0.5) is 8.78 Å². The average Bonchev–Trinajstić information content (AvgIpc) is 2.44. The Morgan fingerprint density at radius 1 is 1.17 bits per heavy atom. The molecular formula is C13H9BrF2OZn. The number of halogens is 3. The fourth-order valence-electron chi connectivity index (χ4n) is 1.25. The van der Waals surface area contributed by atoms with E-state index in [9.17, 15) is 8.78 Å². The topological polar surface area (TPSA) is 9.23 Å². The number of ether oxygens (including phenoxy) is 1. The standard InChI is InChI=1S/C13H9F2O.BrH.Zn/c14-12-7-6-11(8-13(12)15)16-9-10-4-2-1-3-5-10;;/h1-2,4-8H,9H2;1H;/q-1;;+2/p-1. The summed E-state index contributed by atoms with van der Waals surface area (Å²) in [4.78, 5) is 0. The fourth-order valence-corrected chi connectivity index (χ4v) is 1.25. The second-order valence-corrected chi connectivity index (χ2v) is 3.28. The van der Waals surface area contributed by atoms with Crippen LogP contribution in [0.3, 0.4) is 0 Å². The predicted octanol–water partition coefficient (Wildman–Crippen LogP) is 4.19. The molecule has 18 heavy (non-hydrogen) atoms. The van der Waals surface area contributed by atoms with Crippen LogP contribution in [0.5, 0.6) is 5.75 Å². The van der Waals surface area contributed by atoms with Crippen molar-refractivity contribution in [2.75, 3.05) is 0 Å². The van der Waals surface area contributed by atoms with Gasteiger partial charge in [-0.25, -0.2) is 8.78 Å². The van der Waals surface area contributed by atoms with Crippen LogP contribution in [-0.2, 0) is 22.9 Å². The molecule has 0 radical (unpaired) electrons. The van der Waals surface area contributed by atoms with E-state index in [1.54, 1.807) is 12.1 Å². The van der Waals surface area contributed by atoms with Crippen molar-refractivity contribution in [3.63, 3.8) is 0 Å². The molecule has 0 amide bonds. The molecule has 0 fully saturated rings. The van der Waals surface area contributed by atoms with Gasteiger partial charge in [0.2, 0.25) is 0 Å². The molecule has 0 bridgehead atoms. The Morgan fingerprint density at radius 3 is 2.56 bits per heavy atom. The van der Waals surface area contributed by atoms with Crippen LogP contribution in [0.1, 0.15) is 5.56 Å². The Morgan fingerprint density at radius 2 is 1.94 bits per heavy atom. The SMILES string of the molecule is Fc1ccc(OCc2c[c-]ccc2)cc1F.[Zn+][Br]. The maximum atomic E-state index is 12.8. The Kier molecular flexibility index (Phi) is 7.06. The van der Waals surface area contributed by atoms with Gasteiger partial charge in [0, 0.05) is 6.07 Å². The van der Waals surface area contributed by atoms with Gasteiger partial charge >= 0.3 is 30.0 Å². The third-order valence-electron chi connectivity index (χ3n) is 2.07. The first-order valence-corrected chi connectivity index (χ1v) is 12.0. The van der Waals surface area contributed by atoms with Crippen LogP contribution in [0, 0.1) is 17.7 Å².